The molecule has 0 spiro atoms. The van der Waals surface area contributed by atoms with Crippen LogP contribution in [-0.4, -0.2) is 53.9 Å². The number of para-hydroxylation sites is 1. The Hall–Kier alpha value is -2.40. The second kappa shape index (κ2) is 16.1. The van der Waals surface area contributed by atoms with Crippen molar-refractivity contribution in [1.82, 2.24) is 5.32 Å². The quantitative estimate of drug-likeness (QED) is 0.120. The van der Waals surface area contributed by atoms with E-state index in [4.69, 9.17) is 18.1 Å². The van der Waals surface area contributed by atoms with Crippen LogP contribution in [0, 0.1) is 5.92 Å². The van der Waals surface area contributed by atoms with Crippen molar-refractivity contribution in [3.05, 3.63) is 65.2 Å². The summed E-state index contributed by atoms with van der Waals surface area (Å²) in [7, 11) is -5.43. The third-order valence-corrected chi connectivity index (χ3v) is 13.7. The SMILES string of the molecule is CC[Si](CC)(CC)O[C@@H](CNC(=O)OC(C)(C)CC1CCCc2ccc(COS(C)(=O)=O)cc2C1)COc1ccccc1. The van der Waals surface area contributed by atoms with Crippen LogP contribution >= 0.6 is 0 Å². The molecule has 10 heteroatoms. The Kier molecular flexibility index (Phi) is 13.1. The molecule has 2 aromatic carbocycles. The monoisotopic (exact) mass is 633 g/mol. The topological polar surface area (TPSA) is 100 Å². The highest BCUT2D eigenvalue weighted by molar-refractivity contribution is 7.85. The van der Waals surface area contributed by atoms with E-state index >= 15 is 0 Å². The Morgan fingerprint density at radius 3 is 2.40 bits per heavy atom. The van der Waals surface area contributed by atoms with E-state index in [1.807, 2.05) is 50.2 Å². The van der Waals surface area contributed by atoms with E-state index in [1.54, 1.807) is 0 Å². The number of fused-ring (bicyclic) bond motifs is 1. The smallest absolute Gasteiger partial charge is 0.407 e. The van der Waals surface area contributed by atoms with Gasteiger partial charge in [-0.05, 0) is 98.8 Å². The van der Waals surface area contributed by atoms with Gasteiger partial charge in [0.2, 0.25) is 0 Å². The van der Waals surface area contributed by atoms with Gasteiger partial charge in [0.05, 0.1) is 19.0 Å². The maximum atomic E-state index is 13.0. The average molecular weight is 634 g/mol. The second-order valence-electron chi connectivity index (χ2n) is 12.4. The molecule has 0 radical (unpaired) electrons. The van der Waals surface area contributed by atoms with Crippen molar-refractivity contribution in [3.63, 3.8) is 0 Å². The van der Waals surface area contributed by atoms with E-state index < -0.39 is 30.1 Å². The van der Waals surface area contributed by atoms with E-state index in [0.717, 1.165) is 67.8 Å². The number of amides is 1. The maximum Gasteiger partial charge on any atom is 0.407 e. The largest absolute Gasteiger partial charge is 0.491 e. The molecule has 1 aliphatic rings. The van der Waals surface area contributed by atoms with Gasteiger partial charge in [0.1, 0.15) is 18.0 Å². The number of alkyl carbamates (subject to hydrolysis) is 1. The van der Waals surface area contributed by atoms with E-state index in [9.17, 15) is 13.2 Å². The summed E-state index contributed by atoms with van der Waals surface area (Å²) in [5.74, 6) is 1.10. The van der Waals surface area contributed by atoms with Gasteiger partial charge in [-0.1, -0.05) is 57.2 Å². The first kappa shape index (κ1) is 35.1. The molecule has 240 valence electrons. The van der Waals surface area contributed by atoms with Gasteiger partial charge < -0.3 is 19.2 Å². The molecule has 1 aliphatic carbocycles. The molecule has 1 amide bonds. The van der Waals surface area contributed by atoms with Crippen LogP contribution in [0.3, 0.4) is 0 Å². The molecule has 2 aromatic rings. The number of nitrogens with one attached hydrogen (secondary N) is 1. The minimum Gasteiger partial charge on any atom is -0.491 e. The first-order valence-corrected chi connectivity index (χ1v) is 20.0. The van der Waals surface area contributed by atoms with Gasteiger partial charge in [-0.3, -0.25) is 4.18 Å². The summed E-state index contributed by atoms with van der Waals surface area (Å²) < 4.78 is 46.6. The summed E-state index contributed by atoms with van der Waals surface area (Å²) in [5, 5.41) is 2.96. The van der Waals surface area contributed by atoms with Crippen molar-refractivity contribution >= 4 is 24.5 Å². The number of benzene rings is 2. The lowest BCUT2D eigenvalue weighted by Crippen LogP contribution is -2.47. The summed E-state index contributed by atoms with van der Waals surface area (Å²) in [6.45, 7) is 11.2. The fourth-order valence-corrected chi connectivity index (χ4v) is 9.17. The highest BCUT2D eigenvalue weighted by Gasteiger charge is 2.33. The molecule has 0 heterocycles. The van der Waals surface area contributed by atoms with Gasteiger partial charge in [-0.15, -0.1) is 0 Å². The average Bonchev–Trinajstić information content (AvgIpc) is 3.16. The zero-order valence-electron chi connectivity index (χ0n) is 26.8. The maximum absolute atomic E-state index is 13.0. The molecule has 1 N–H and O–H groups in total. The lowest BCUT2D eigenvalue weighted by Gasteiger charge is -2.34. The normalized spacial score (nSPS) is 16.6. The molecule has 0 aromatic heterocycles. The summed E-state index contributed by atoms with van der Waals surface area (Å²) in [4.78, 5) is 13.0. The Morgan fingerprint density at radius 2 is 1.74 bits per heavy atom. The predicted molar refractivity (Wildman–Crippen MR) is 173 cm³/mol. The molecule has 0 bridgehead atoms. The van der Waals surface area contributed by atoms with E-state index in [2.05, 4.69) is 38.2 Å². The zero-order valence-corrected chi connectivity index (χ0v) is 28.6. The molecule has 0 fully saturated rings. The fraction of sp³-hybridized carbons (Fsp3) is 0.606. The predicted octanol–water partition coefficient (Wildman–Crippen LogP) is 7.02. The van der Waals surface area contributed by atoms with Crippen molar-refractivity contribution in [1.29, 1.82) is 0 Å². The first-order chi connectivity index (χ1) is 20.4. The molecular formula is C33H51NO7SSi. The molecule has 0 aliphatic heterocycles. The van der Waals surface area contributed by atoms with Crippen molar-refractivity contribution in [3.8, 4) is 5.75 Å². The molecule has 8 nitrogen and oxygen atoms in total. The van der Waals surface area contributed by atoms with Crippen LogP contribution in [0.4, 0.5) is 4.79 Å². The molecule has 2 atom stereocenters. The van der Waals surface area contributed by atoms with Crippen LogP contribution in [0.5, 0.6) is 5.75 Å². The number of hydrogen-bond donors (Lipinski definition) is 1. The molecular weight excluding hydrogens is 583 g/mol. The minimum absolute atomic E-state index is 0.0328. The van der Waals surface area contributed by atoms with Gasteiger partial charge in [0.25, 0.3) is 10.1 Å². The molecule has 3 rings (SSSR count). The van der Waals surface area contributed by atoms with E-state index in [-0.39, 0.29) is 12.7 Å². The summed E-state index contributed by atoms with van der Waals surface area (Å²) in [6.07, 6.45) is 4.96. The molecule has 1 unspecified atom stereocenters. The molecule has 0 saturated carbocycles. The van der Waals surface area contributed by atoms with Crippen molar-refractivity contribution in [2.24, 2.45) is 5.92 Å². The van der Waals surface area contributed by atoms with Crippen LogP contribution in [0.15, 0.2) is 48.5 Å². The summed E-state index contributed by atoms with van der Waals surface area (Å²) in [6, 6.07) is 18.8. The van der Waals surface area contributed by atoms with Crippen LogP contribution in [0.1, 0.15) is 70.6 Å². The van der Waals surface area contributed by atoms with Gasteiger partial charge in [-0.25, -0.2) is 4.79 Å². The van der Waals surface area contributed by atoms with Crippen molar-refractivity contribution < 1.29 is 31.3 Å². The number of rotatable bonds is 16. The van der Waals surface area contributed by atoms with Crippen molar-refractivity contribution in [2.45, 2.75) is 103 Å². The number of ether oxygens (including phenoxy) is 2. The number of carbonyl (C=O) groups is 1. The van der Waals surface area contributed by atoms with Gasteiger partial charge >= 0.3 is 6.09 Å². The first-order valence-electron chi connectivity index (χ1n) is 15.6. The second-order valence-corrected chi connectivity index (χ2v) is 18.7. The fourth-order valence-electron chi connectivity index (χ4n) is 5.96. The number of hydrogen-bond acceptors (Lipinski definition) is 7. The summed E-state index contributed by atoms with van der Waals surface area (Å²) >= 11 is 0. The lowest BCUT2D eigenvalue weighted by molar-refractivity contribution is 0.0170. The van der Waals surface area contributed by atoms with E-state index in [1.165, 1.54) is 11.1 Å². The minimum atomic E-state index is -3.50. The summed E-state index contributed by atoms with van der Waals surface area (Å²) in [5.41, 5.74) is 2.68. The van der Waals surface area contributed by atoms with Crippen LogP contribution in [0.25, 0.3) is 0 Å². The van der Waals surface area contributed by atoms with Gasteiger partial charge in [0, 0.05) is 6.54 Å². The standard InChI is InChI=1S/C33H51NO7SSi/c1-7-43(8-2,9-3)41-31(25-38-30-16-11-10-12-17-30)23-34-32(35)40-33(4,5)22-26-14-13-15-28-19-18-27(21-29(28)20-26)24-39-42(6,36)37/h10-12,16-19,21,26,31H,7-9,13-15,20,22-25H2,1-6H3,(H,34,35)/t26?,31-/m0/s1. The zero-order chi connectivity index (χ0) is 31.5. The van der Waals surface area contributed by atoms with Gasteiger partial charge in [-0.2, -0.15) is 8.42 Å². The number of carbonyl (C=O) groups excluding carboxylic acids is 1. The Bertz CT molecular complexity index is 1260. The van der Waals surface area contributed by atoms with Crippen LogP contribution < -0.4 is 10.1 Å². The van der Waals surface area contributed by atoms with Crippen LogP contribution in [-0.2, 0) is 42.9 Å². The Balaban J connectivity index is 1.59. The third kappa shape index (κ3) is 11.9. The highest BCUT2D eigenvalue weighted by atomic mass is 32.2. The lowest BCUT2D eigenvalue weighted by atomic mass is 9.86. The molecule has 0 saturated heterocycles. The highest BCUT2D eigenvalue weighted by Crippen LogP contribution is 2.32. The van der Waals surface area contributed by atoms with Crippen molar-refractivity contribution in [2.75, 3.05) is 19.4 Å². The molecule has 43 heavy (non-hydrogen) atoms. The Morgan fingerprint density at radius 1 is 1.05 bits per heavy atom. The van der Waals surface area contributed by atoms with E-state index in [0.29, 0.717) is 19.1 Å². The third-order valence-electron chi connectivity index (χ3n) is 8.43. The van der Waals surface area contributed by atoms with Gasteiger partial charge in [0.15, 0.2) is 8.32 Å². The Labute approximate surface area is 260 Å². The number of aryl methyl sites for hydroxylation is 1. The van der Waals surface area contributed by atoms with Crippen LogP contribution in [0.2, 0.25) is 18.1 Å².